The largest absolute Gasteiger partial charge is 0.496 e. The van der Waals surface area contributed by atoms with E-state index in [2.05, 4.69) is 24.4 Å². The van der Waals surface area contributed by atoms with E-state index in [1.807, 2.05) is 17.0 Å². The molecule has 1 spiro atoms. The zero-order valence-corrected chi connectivity index (χ0v) is 16.6. The maximum absolute atomic E-state index is 12.9. The number of hydrogen-bond donors (Lipinski definition) is 1. The number of benzene rings is 1. The van der Waals surface area contributed by atoms with Crippen LogP contribution in [0, 0.1) is 5.41 Å². The summed E-state index contributed by atoms with van der Waals surface area (Å²) in [7, 11) is 1.74. The Hall–Kier alpha value is -1.75. The summed E-state index contributed by atoms with van der Waals surface area (Å²) in [4.78, 5) is 14.8. The van der Waals surface area contributed by atoms with Gasteiger partial charge in [-0.1, -0.05) is 18.2 Å². The molecule has 27 heavy (non-hydrogen) atoms. The van der Waals surface area contributed by atoms with E-state index in [0.29, 0.717) is 0 Å². The molecule has 0 aromatic heterocycles. The Morgan fingerprint density at radius 3 is 2.56 bits per heavy atom. The van der Waals surface area contributed by atoms with E-state index in [0.717, 1.165) is 70.5 Å². The number of nitrogens with one attached hydrogen (secondary N) is 1. The highest BCUT2D eigenvalue weighted by molar-refractivity contribution is 5.68. The summed E-state index contributed by atoms with van der Waals surface area (Å²) >= 11 is 0. The van der Waals surface area contributed by atoms with Crippen LogP contribution in [0.5, 0.6) is 5.75 Å². The zero-order chi connectivity index (χ0) is 18.9. The Bertz CT molecular complexity index is 680. The van der Waals surface area contributed by atoms with Crippen LogP contribution in [0.15, 0.2) is 24.3 Å². The first-order chi connectivity index (χ1) is 13.1. The number of carbonyl (C=O) groups excluding carboxylic acids is 1. The number of rotatable bonds is 3. The van der Waals surface area contributed by atoms with Crippen molar-refractivity contribution >= 4 is 6.09 Å². The van der Waals surface area contributed by atoms with Crippen molar-refractivity contribution in [2.75, 3.05) is 33.3 Å². The number of para-hydroxylation sites is 1. The van der Waals surface area contributed by atoms with Gasteiger partial charge in [0, 0.05) is 19.0 Å². The van der Waals surface area contributed by atoms with Crippen molar-refractivity contribution in [3.63, 3.8) is 0 Å². The van der Waals surface area contributed by atoms with Crippen molar-refractivity contribution in [1.29, 1.82) is 0 Å². The van der Waals surface area contributed by atoms with Crippen molar-refractivity contribution in [3.8, 4) is 5.75 Å². The molecular formula is C22H32N2O3. The molecule has 1 saturated carbocycles. The van der Waals surface area contributed by atoms with Crippen LogP contribution in [0.3, 0.4) is 0 Å². The molecule has 5 nitrogen and oxygen atoms in total. The van der Waals surface area contributed by atoms with E-state index in [9.17, 15) is 4.79 Å². The van der Waals surface area contributed by atoms with Crippen molar-refractivity contribution in [2.45, 2.75) is 57.0 Å². The molecule has 1 atom stereocenters. The van der Waals surface area contributed by atoms with E-state index in [1.165, 1.54) is 5.56 Å². The van der Waals surface area contributed by atoms with Gasteiger partial charge >= 0.3 is 6.09 Å². The molecule has 0 bridgehead atoms. The lowest BCUT2D eigenvalue weighted by Gasteiger charge is -2.51. The molecule has 1 aromatic rings. The predicted molar refractivity (Wildman–Crippen MR) is 105 cm³/mol. The van der Waals surface area contributed by atoms with Gasteiger partial charge in [0.2, 0.25) is 0 Å². The number of ether oxygens (including phenoxy) is 2. The maximum atomic E-state index is 12.9. The molecule has 1 unspecified atom stereocenters. The third kappa shape index (κ3) is 3.54. The minimum atomic E-state index is -0.249. The van der Waals surface area contributed by atoms with Crippen LogP contribution in [0.4, 0.5) is 4.79 Å². The second kappa shape index (κ2) is 7.34. The van der Waals surface area contributed by atoms with Gasteiger partial charge in [-0.15, -0.1) is 0 Å². The summed E-state index contributed by atoms with van der Waals surface area (Å²) < 4.78 is 11.6. The van der Waals surface area contributed by atoms with Gasteiger partial charge in [0.15, 0.2) is 0 Å². The standard InChI is InChI=1S/C22H32N2O3/c1-21(8-5-9-21)27-20(25)24-15-12-22(10-13-23-14-11-22)18(16-24)17-6-3-4-7-19(17)26-2/h3-4,6-7,18,23H,5,8-16H2,1-2H3. The molecule has 5 heteroatoms. The summed E-state index contributed by atoms with van der Waals surface area (Å²) in [5, 5.41) is 3.50. The van der Waals surface area contributed by atoms with Gasteiger partial charge in [-0.05, 0) is 75.6 Å². The van der Waals surface area contributed by atoms with Gasteiger partial charge in [0.05, 0.1) is 7.11 Å². The molecule has 1 N–H and O–H groups in total. The molecule has 4 rings (SSSR count). The fourth-order valence-corrected chi connectivity index (χ4v) is 5.16. The molecule has 148 valence electrons. The Labute approximate surface area is 162 Å². The van der Waals surface area contributed by atoms with Crippen molar-refractivity contribution in [2.24, 2.45) is 5.41 Å². The molecule has 0 radical (unpaired) electrons. The highest BCUT2D eigenvalue weighted by atomic mass is 16.6. The first-order valence-corrected chi connectivity index (χ1v) is 10.4. The van der Waals surface area contributed by atoms with E-state index < -0.39 is 0 Å². The number of likely N-dealkylation sites (tertiary alicyclic amines) is 1. The second-order valence-corrected chi connectivity index (χ2v) is 8.77. The number of nitrogens with zero attached hydrogens (tertiary/aromatic N) is 1. The first-order valence-electron chi connectivity index (χ1n) is 10.4. The smallest absolute Gasteiger partial charge is 0.410 e. The maximum Gasteiger partial charge on any atom is 0.410 e. The van der Waals surface area contributed by atoms with Crippen molar-refractivity contribution in [3.05, 3.63) is 29.8 Å². The third-order valence-corrected chi connectivity index (χ3v) is 7.14. The highest BCUT2D eigenvalue weighted by Crippen LogP contribution is 2.51. The van der Waals surface area contributed by atoms with Crippen molar-refractivity contribution < 1.29 is 14.3 Å². The minimum absolute atomic E-state index is 0.138. The van der Waals surface area contributed by atoms with Gasteiger partial charge in [0.25, 0.3) is 0 Å². The molecule has 2 aliphatic heterocycles. The summed E-state index contributed by atoms with van der Waals surface area (Å²) in [6.07, 6.45) is 6.32. The monoisotopic (exact) mass is 372 g/mol. The summed E-state index contributed by atoms with van der Waals surface area (Å²) in [5.74, 6) is 1.22. The molecule has 1 amide bonds. The van der Waals surface area contributed by atoms with Crippen LogP contribution >= 0.6 is 0 Å². The number of piperidine rings is 2. The Balaban J connectivity index is 1.59. The molecule has 3 aliphatic rings. The fourth-order valence-electron chi connectivity index (χ4n) is 5.16. The highest BCUT2D eigenvalue weighted by Gasteiger charge is 2.47. The molecule has 2 heterocycles. The number of methoxy groups -OCH3 is 1. The van der Waals surface area contributed by atoms with E-state index in [1.54, 1.807) is 7.11 Å². The molecule has 1 aliphatic carbocycles. The lowest BCUT2D eigenvalue weighted by atomic mass is 9.62. The minimum Gasteiger partial charge on any atom is -0.496 e. The average Bonchev–Trinajstić information content (AvgIpc) is 2.67. The fraction of sp³-hybridized carbons (Fsp3) is 0.682. The number of amides is 1. The number of hydrogen-bond acceptors (Lipinski definition) is 4. The van der Waals surface area contributed by atoms with Crippen LogP contribution in [-0.4, -0.2) is 49.9 Å². The van der Waals surface area contributed by atoms with Gasteiger partial charge < -0.3 is 19.7 Å². The van der Waals surface area contributed by atoms with Gasteiger partial charge in [-0.25, -0.2) is 4.79 Å². The SMILES string of the molecule is COc1ccccc1C1CN(C(=O)OC2(C)CCC2)CCC12CCNCC2. The van der Waals surface area contributed by atoms with Gasteiger partial charge in [-0.2, -0.15) is 0 Å². The molecular weight excluding hydrogens is 340 g/mol. The second-order valence-electron chi connectivity index (χ2n) is 8.77. The van der Waals surface area contributed by atoms with Crippen LogP contribution in [0.1, 0.15) is 56.9 Å². The van der Waals surface area contributed by atoms with Crippen molar-refractivity contribution in [1.82, 2.24) is 10.2 Å². The van der Waals surface area contributed by atoms with E-state index >= 15 is 0 Å². The number of carbonyl (C=O) groups is 1. The van der Waals surface area contributed by atoms with Gasteiger partial charge in [-0.3, -0.25) is 0 Å². The van der Waals surface area contributed by atoms with Crippen LogP contribution in [0.2, 0.25) is 0 Å². The predicted octanol–water partition coefficient (Wildman–Crippen LogP) is 3.93. The molecule has 3 fully saturated rings. The van der Waals surface area contributed by atoms with Crippen LogP contribution in [0.25, 0.3) is 0 Å². The van der Waals surface area contributed by atoms with Crippen LogP contribution in [-0.2, 0) is 4.74 Å². The normalized spacial score (nSPS) is 26.3. The zero-order valence-electron chi connectivity index (χ0n) is 16.6. The van der Waals surface area contributed by atoms with Gasteiger partial charge in [0.1, 0.15) is 11.4 Å². The van der Waals surface area contributed by atoms with Crippen LogP contribution < -0.4 is 10.1 Å². The lowest BCUT2D eigenvalue weighted by Crippen LogP contribution is -2.53. The van der Waals surface area contributed by atoms with E-state index in [-0.39, 0.29) is 23.0 Å². The quantitative estimate of drug-likeness (QED) is 0.873. The summed E-state index contributed by atoms with van der Waals surface area (Å²) in [5.41, 5.74) is 1.21. The Morgan fingerprint density at radius 2 is 1.89 bits per heavy atom. The Morgan fingerprint density at radius 1 is 1.15 bits per heavy atom. The molecule has 2 saturated heterocycles. The lowest BCUT2D eigenvalue weighted by molar-refractivity contribution is -0.0570. The summed E-state index contributed by atoms with van der Waals surface area (Å²) in [6.45, 7) is 5.67. The first kappa shape index (κ1) is 18.6. The molecule has 1 aromatic carbocycles. The third-order valence-electron chi connectivity index (χ3n) is 7.14. The van der Waals surface area contributed by atoms with E-state index in [4.69, 9.17) is 9.47 Å². The summed E-state index contributed by atoms with van der Waals surface area (Å²) in [6, 6.07) is 8.31. The Kier molecular flexibility index (Phi) is 5.06. The topological polar surface area (TPSA) is 50.8 Å². The average molecular weight is 373 g/mol.